The summed E-state index contributed by atoms with van der Waals surface area (Å²) in [5.41, 5.74) is 2.19. The van der Waals surface area contributed by atoms with Crippen molar-refractivity contribution in [1.82, 2.24) is 5.32 Å². The molecule has 4 nitrogen and oxygen atoms in total. The third-order valence-corrected chi connectivity index (χ3v) is 3.64. The average Bonchev–Trinajstić information content (AvgIpc) is 2.48. The minimum Gasteiger partial charge on any atom is -0.395 e. The Hall–Kier alpha value is -0.810. The van der Waals surface area contributed by atoms with Crippen LogP contribution in [0.25, 0.3) is 0 Å². The van der Waals surface area contributed by atoms with Gasteiger partial charge in [0.25, 0.3) is 0 Å². The number of unbranched alkanes of at least 4 members (excludes halogenated alkanes) is 1. The van der Waals surface area contributed by atoms with Crippen molar-refractivity contribution >= 4 is 17.3 Å². The normalized spacial score (nSPS) is 10.9. The van der Waals surface area contributed by atoms with Crippen LogP contribution in [0.2, 0.25) is 5.02 Å². The summed E-state index contributed by atoms with van der Waals surface area (Å²) in [5.74, 6) is 0. The molecule has 0 unspecified atom stereocenters. The van der Waals surface area contributed by atoms with Gasteiger partial charge in [-0.05, 0) is 18.1 Å². The zero-order chi connectivity index (χ0) is 15.5. The quantitative estimate of drug-likeness (QED) is 0.616. The zero-order valence-electron chi connectivity index (χ0n) is 13.1. The largest absolute Gasteiger partial charge is 0.395 e. The Kier molecular flexibility index (Phi) is 9.42. The smallest absolute Gasteiger partial charge is 0.0642 e. The van der Waals surface area contributed by atoms with Crippen LogP contribution in [-0.2, 0) is 11.3 Å². The fourth-order valence-corrected chi connectivity index (χ4v) is 2.57. The van der Waals surface area contributed by atoms with E-state index in [4.69, 9.17) is 16.3 Å². The molecule has 0 saturated heterocycles. The van der Waals surface area contributed by atoms with Gasteiger partial charge >= 0.3 is 0 Å². The molecule has 0 aliphatic heterocycles. The first kappa shape index (κ1) is 18.2. The van der Waals surface area contributed by atoms with Crippen LogP contribution in [0.5, 0.6) is 0 Å². The highest BCUT2D eigenvalue weighted by Gasteiger charge is 2.14. The average molecular weight is 315 g/mol. The minimum absolute atomic E-state index is 0.130. The van der Waals surface area contributed by atoms with Gasteiger partial charge < -0.3 is 20.1 Å². The van der Waals surface area contributed by atoms with Gasteiger partial charge in [-0.3, -0.25) is 0 Å². The molecule has 0 heterocycles. The number of aliphatic hydroxyl groups is 1. The first-order chi connectivity index (χ1) is 10.2. The Bertz CT molecular complexity index is 402. The van der Waals surface area contributed by atoms with Gasteiger partial charge in [-0.25, -0.2) is 0 Å². The van der Waals surface area contributed by atoms with Crippen LogP contribution in [0, 0.1) is 0 Å². The van der Waals surface area contributed by atoms with Crippen LogP contribution < -0.4 is 10.2 Å². The summed E-state index contributed by atoms with van der Waals surface area (Å²) in [5, 5.41) is 13.4. The van der Waals surface area contributed by atoms with Crippen LogP contribution in [0.4, 0.5) is 5.69 Å². The molecule has 1 aromatic carbocycles. The summed E-state index contributed by atoms with van der Waals surface area (Å²) in [6.45, 7) is 6.04. The number of rotatable bonds is 11. The SMILES string of the molecule is CCCCN(CCO)c1c(Cl)cccc1CNCCOC. The number of hydrogen-bond acceptors (Lipinski definition) is 4. The molecule has 2 N–H and O–H groups in total. The Morgan fingerprint density at radius 1 is 1.33 bits per heavy atom. The predicted molar refractivity (Wildman–Crippen MR) is 89.2 cm³/mol. The maximum atomic E-state index is 9.31. The van der Waals surface area contributed by atoms with E-state index in [1.807, 2.05) is 12.1 Å². The third kappa shape index (κ3) is 6.22. The molecule has 0 fully saturated rings. The molecular weight excluding hydrogens is 288 g/mol. The first-order valence-electron chi connectivity index (χ1n) is 7.57. The molecule has 0 aliphatic carbocycles. The number of nitrogens with one attached hydrogen (secondary N) is 1. The lowest BCUT2D eigenvalue weighted by Gasteiger charge is -2.27. The molecule has 120 valence electrons. The topological polar surface area (TPSA) is 44.7 Å². The van der Waals surface area contributed by atoms with E-state index < -0.39 is 0 Å². The van der Waals surface area contributed by atoms with Crippen LogP contribution in [-0.4, -0.2) is 45.1 Å². The summed E-state index contributed by atoms with van der Waals surface area (Å²) < 4.78 is 5.04. The van der Waals surface area contributed by atoms with Crippen molar-refractivity contribution in [2.75, 3.05) is 44.9 Å². The Labute approximate surface area is 133 Å². The second-order valence-electron chi connectivity index (χ2n) is 4.98. The number of nitrogens with zero attached hydrogens (tertiary/aromatic N) is 1. The van der Waals surface area contributed by atoms with E-state index in [0.29, 0.717) is 13.2 Å². The second-order valence-corrected chi connectivity index (χ2v) is 5.39. The van der Waals surface area contributed by atoms with E-state index in [1.54, 1.807) is 7.11 Å². The van der Waals surface area contributed by atoms with E-state index in [0.717, 1.165) is 48.7 Å². The van der Waals surface area contributed by atoms with Crippen LogP contribution >= 0.6 is 11.6 Å². The summed E-state index contributed by atoms with van der Waals surface area (Å²) >= 11 is 6.40. The van der Waals surface area contributed by atoms with E-state index in [9.17, 15) is 5.11 Å². The lowest BCUT2D eigenvalue weighted by atomic mass is 10.1. The van der Waals surface area contributed by atoms with Crippen molar-refractivity contribution in [3.8, 4) is 0 Å². The molecule has 0 aromatic heterocycles. The fourth-order valence-electron chi connectivity index (χ4n) is 2.26. The molecule has 21 heavy (non-hydrogen) atoms. The highest BCUT2D eigenvalue weighted by molar-refractivity contribution is 6.33. The first-order valence-corrected chi connectivity index (χ1v) is 7.95. The van der Waals surface area contributed by atoms with Crippen molar-refractivity contribution in [3.63, 3.8) is 0 Å². The number of hydrogen-bond donors (Lipinski definition) is 2. The van der Waals surface area contributed by atoms with Gasteiger partial charge in [-0.1, -0.05) is 37.1 Å². The molecule has 0 spiro atoms. The highest BCUT2D eigenvalue weighted by Crippen LogP contribution is 2.30. The zero-order valence-corrected chi connectivity index (χ0v) is 13.8. The molecule has 5 heteroatoms. The van der Waals surface area contributed by atoms with E-state index in [-0.39, 0.29) is 6.61 Å². The Morgan fingerprint density at radius 3 is 2.81 bits per heavy atom. The molecule has 0 radical (unpaired) electrons. The maximum absolute atomic E-state index is 9.31. The summed E-state index contributed by atoms with van der Waals surface area (Å²) in [4.78, 5) is 2.18. The highest BCUT2D eigenvalue weighted by atomic mass is 35.5. The van der Waals surface area contributed by atoms with Gasteiger partial charge in [0.1, 0.15) is 0 Å². The minimum atomic E-state index is 0.130. The summed E-state index contributed by atoms with van der Waals surface area (Å²) in [6, 6.07) is 5.96. The maximum Gasteiger partial charge on any atom is 0.0642 e. The standard InChI is InChI=1S/C16H27ClN2O2/c1-3-4-9-19(10-11-20)16-14(6-5-7-15(16)17)13-18-8-12-21-2/h5-7,18,20H,3-4,8-13H2,1-2H3. The van der Waals surface area contributed by atoms with Crippen molar-refractivity contribution in [1.29, 1.82) is 0 Å². The molecular formula is C16H27ClN2O2. The number of benzene rings is 1. The Balaban J connectivity index is 2.84. The van der Waals surface area contributed by atoms with Crippen LogP contribution in [0.15, 0.2) is 18.2 Å². The molecule has 0 aliphatic rings. The van der Waals surface area contributed by atoms with Gasteiger partial charge in [0, 0.05) is 33.3 Å². The molecule has 1 aromatic rings. The van der Waals surface area contributed by atoms with Gasteiger partial charge in [0.2, 0.25) is 0 Å². The number of aliphatic hydroxyl groups excluding tert-OH is 1. The van der Waals surface area contributed by atoms with E-state index in [2.05, 4.69) is 23.2 Å². The van der Waals surface area contributed by atoms with Crippen molar-refractivity contribution in [2.24, 2.45) is 0 Å². The van der Waals surface area contributed by atoms with Gasteiger partial charge in [0.05, 0.1) is 23.9 Å². The fraction of sp³-hybridized carbons (Fsp3) is 0.625. The number of halogens is 1. The molecule has 1 rings (SSSR count). The number of ether oxygens (including phenoxy) is 1. The van der Waals surface area contributed by atoms with Crippen LogP contribution in [0.3, 0.4) is 0 Å². The number of para-hydroxylation sites is 1. The summed E-state index contributed by atoms with van der Waals surface area (Å²) in [6.07, 6.45) is 2.20. The van der Waals surface area contributed by atoms with Crippen molar-refractivity contribution in [3.05, 3.63) is 28.8 Å². The molecule has 0 atom stereocenters. The van der Waals surface area contributed by atoms with Crippen LogP contribution in [0.1, 0.15) is 25.3 Å². The monoisotopic (exact) mass is 314 g/mol. The van der Waals surface area contributed by atoms with Gasteiger partial charge in [0.15, 0.2) is 0 Å². The Morgan fingerprint density at radius 2 is 2.14 bits per heavy atom. The number of anilines is 1. The molecule has 0 amide bonds. The van der Waals surface area contributed by atoms with E-state index >= 15 is 0 Å². The van der Waals surface area contributed by atoms with E-state index in [1.165, 1.54) is 0 Å². The predicted octanol–water partition coefficient (Wildman–Crippen LogP) is 2.67. The van der Waals surface area contributed by atoms with Gasteiger partial charge in [-0.2, -0.15) is 0 Å². The molecule has 0 bridgehead atoms. The third-order valence-electron chi connectivity index (χ3n) is 3.34. The lowest BCUT2D eigenvalue weighted by Crippen LogP contribution is -2.30. The van der Waals surface area contributed by atoms with Crippen molar-refractivity contribution in [2.45, 2.75) is 26.3 Å². The second kappa shape index (κ2) is 10.9. The molecule has 0 saturated carbocycles. The lowest BCUT2D eigenvalue weighted by molar-refractivity contribution is 0.199. The van der Waals surface area contributed by atoms with Gasteiger partial charge in [-0.15, -0.1) is 0 Å². The number of methoxy groups -OCH3 is 1. The van der Waals surface area contributed by atoms with Crippen molar-refractivity contribution < 1.29 is 9.84 Å². The summed E-state index contributed by atoms with van der Waals surface area (Å²) in [7, 11) is 1.69.